The van der Waals surface area contributed by atoms with Gasteiger partial charge in [-0.25, -0.2) is 9.38 Å². The number of thioether (sulfide) groups is 1. The van der Waals surface area contributed by atoms with E-state index in [2.05, 4.69) is 4.99 Å². The van der Waals surface area contributed by atoms with Crippen molar-refractivity contribution in [2.75, 3.05) is 13.7 Å². The smallest absolute Gasteiger partial charge is 0.266 e. The minimum Gasteiger partial charge on any atom is -0.490 e. The summed E-state index contributed by atoms with van der Waals surface area (Å²) in [4.78, 5) is 19.1. The highest BCUT2D eigenvalue weighted by molar-refractivity contribution is 8.18. The van der Waals surface area contributed by atoms with Gasteiger partial charge < -0.3 is 9.47 Å². The minimum atomic E-state index is -0.326. The van der Waals surface area contributed by atoms with Gasteiger partial charge in [0, 0.05) is 7.05 Å². The van der Waals surface area contributed by atoms with Crippen molar-refractivity contribution in [1.82, 2.24) is 4.90 Å². The SMILES string of the molecule is CCOc1cc(/C=C2/SC(=Nc3ccc(F)cc3)N(C)C2=O)ccc1OC(C)C. The third kappa shape index (κ3) is 5.17. The van der Waals surface area contributed by atoms with Crippen LogP contribution in [0.4, 0.5) is 10.1 Å². The zero-order valence-corrected chi connectivity index (χ0v) is 17.6. The molecule has 1 aliphatic rings. The minimum absolute atomic E-state index is 0.0317. The number of carbonyl (C=O) groups is 1. The van der Waals surface area contributed by atoms with Crippen LogP contribution in [0.5, 0.6) is 11.5 Å². The topological polar surface area (TPSA) is 51.1 Å². The van der Waals surface area contributed by atoms with Crippen LogP contribution in [0.25, 0.3) is 6.08 Å². The molecule has 1 fully saturated rings. The second-order valence-electron chi connectivity index (χ2n) is 6.65. The third-order valence-electron chi connectivity index (χ3n) is 3.98. The van der Waals surface area contributed by atoms with E-state index >= 15 is 0 Å². The number of aliphatic imine (C=N–C) groups is 1. The molecule has 0 atom stereocenters. The predicted molar refractivity (Wildman–Crippen MR) is 115 cm³/mol. The second kappa shape index (κ2) is 9.13. The number of carbonyl (C=O) groups excluding carboxylic acids is 1. The number of halogens is 1. The molecular weight excluding hydrogens is 391 g/mol. The van der Waals surface area contributed by atoms with Gasteiger partial charge in [-0.15, -0.1) is 0 Å². The van der Waals surface area contributed by atoms with Gasteiger partial charge in [0.2, 0.25) is 0 Å². The molecule has 2 aromatic rings. The quantitative estimate of drug-likeness (QED) is 0.606. The maximum atomic E-state index is 13.1. The van der Waals surface area contributed by atoms with E-state index < -0.39 is 0 Å². The molecule has 0 saturated carbocycles. The van der Waals surface area contributed by atoms with Crippen molar-refractivity contribution < 1.29 is 18.7 Å². The van der Waals surface area contributed by atoms with Crippen molar-refractivity contribution >= 4 is 34.6 Å². The molecule has 1 aliphatic heterocycles. The second-order valence-corrected chi connectivity index (χ2v) is 7.66. The Morgan fingerprint density at radius 2 is 1.90 bits per heavy atom. The van der Waals surface area contributed by atoms with Crippen LogP contribution in [0.2, 0.25) is 0 Å². The molecule has 0 spiro atoms. The van der Waals surface area contributed by atoms with Crippen molar-refractivity contribution in [2.45, 2.75) is 26.9 Å². The fraction of sp³-hybridized carbons (Fsp3) is 0.273. The summed E-state index contributed by atoms with van der Waals surface area (Å²) in [7, 11) is 1.67. The number of benzene rings is 2. The standard InChI is InChI=1S/C22H23FN2O3S/c1-5-27-19-12-15(6-11-18(19)28-14(2)3)13-20-21(26)25(4)22(29-20)24-17-9-7-16(23)8-10-17/h6-14H,5H2,1-4H3/b20-13+,24-22?. The molecule has 1 saturated heterocycles. The summed E-state index contributed by atoms with van der Waals surface area (Å²) in [6.07, 6.45) is 1.84. The molecule has 0 bridgehead atoms. The molecule has 152 valence electrons. The Morgan fingerprint density at radius 1 is 1.17 bits per heavy atom. The lowest BCUT2D eigenvalue weighted by Crippen LogP contribution is -2.23. The number of hydrogen-bond donors (Lipinski definition) is 0. The predicted octanol–water partition coefficient (Wildman–Crippen LogP) is 5.25. The Hall–Kier alpha value is -2.80. The van der Waals surface area contributed by atoms with Crippen molar-refractivity contribution in [3.8, 4) is 11.5 Å². The van der Waals surface area contributed by atoms with Gasteiger partial charge in [0.05, 0.1) is 23.3 Å². The summed E-state index contributed by atoms with van der Waals surface area (Å²) in [5.74, 6) is 0.842. The molecule has 0 unspecified atom stereocenters. The lowest BCUT2D eigenvalue weighted by Gasteiger charge is -2.15. The lowest BCUT2D eigenvalue weighted by molar-refractivity contribution is -0.121. The highest BCUT2D eigenvalue weighted by atomic mass is 32.2. The Kier molecular flexibility index (Phi) is 6.59. The van der Waals surface area contributed by atoms with E-state index in [4.69, 9.17) is 9.47 Å². The Morgan fingerprint density at radius 3 is 2.55 bits per heavy atom. The highest BCUT2D eigenvalue weighted by Gasteiger charge is 2.30. The summed E-state index contributed by atoms with van der Waals surface area (Å²) in [5, 5.41) is 0.539. The largest absolute Gasteiger partial charge is 0.490 e. The zero-order chi connectivity index (χ0) is 21.0. The Bertz CT molecular complexity index is 955. The Balaban J connectivity index is 1.87. The monoisotopic (exact) mass is 414 g/mol. The van der Waals surface area contributed by atoms with Crippen LogP contribution in [0, 0.1) is 5.82 Å². The average molecular weight is 415 g/mol. The van der Waals surface area contributed by atoms with Gasteiger partial charge in [0.1, 0.15) is 5.82 Å². The fourth-order valence-corrected chi connectivity index (χ4v) is 3.65. The van der Waals surface area contributed by atoms with Crippen LogP contribution in [0.1, 0.15) is 26.3 Å². The van der Waals surface area contributed by atoms with Crippen molar-refractivity contribution in [3.05, 3.63) is 58.8 Å². The van der Waals surface area contributed by atoms with Crippen molar-refractivity contribution in [2.24, 2.45) is 4.99 Å². The van der Waals surface area contributed by atoms with E-state index in [0.29, 0.717) is 33.9 Å². The average Bonchev–Trinajstić information content (AvgIpc) is 2.93. The van der Waals surface area contributed by atoms with Gasteiger partial charge in [-0.2, -0.15) is 0 Å². The molecule has 0 radical (unpaired) electrons. The number of nitrogens with zero attached hydrogens (tertiary/aromatic N) is 2. The van der Waals surface area contributed by atoms with Gasteiger partial charge in [-0.3, -0.25) is 9.69 Å². The van der Waals surface area contributed by atoms with E-state index in [-0.39, 0.29) is 17.8 Å². The van der Waals surface area contributed by atoms with E-state index in [0.717, 1.165) is 5.56 Å². The molecule has 2 aromatic carbocycles. The van der Waals surface area contributed by atoms with Gasteiger partial charge >= 0.3 is 0 Å². The number of amides is 1. The lowest BCUT2D eigenvalue weighted by atomic mass is 10.2. The molecule has 7 heteroatoms. The van der Waals surface area contributed by atoms with E-state index in [9.17, 15) is 9.18 Å². The molecule has 0 aliphatic carbocycles. The zero-order valence-electron chi connectivity index (χ0n) is 16.8. The number of amidine groups is 1. The van der Waals surface area contributed by atoms with E-state index in [1.807, 2.05) is 39.0 Å². The van der Waals surface area contributed by atoms with Crippen LogP contribution in [0.15, 0.2) is 52.4 Å². The van der Waals surface area contributed by atoms with Gasteiger partial charge in [0.25, 0.3) is 5.91 Å². The first-order valence-corrected chi connectivity index (χ1v) is 10.1. The summed E-state index contributed by atoms with van der Waals surface area (Å²) in [5.41, 5.74) is 1.42. The van der Waals surface area contributed by atoms with E-state index in [1.165, 1.54) is 28.8 Å². The molecule has 1 heterocycles. The molecule has 3 rings (SSSR count). The first-order valence-electron chi connectivity index (χ1n) is 9.32. The maximum absolute atomic E-state index is 13.1. The van der Waals surface area contributed by atoms with Crippen LogP contribution in [-0.2, 0) is 4.79 Å². The molecular formula is C22H23FN2O3S. The van der Waals surface area contributed by atoms with Crippen LogP contribution in [0.3, 0.4) is 0 Å². The number of likely N-dealkylation sites (N-methyl/N-ethyl adjacent to an activating group) is 1. The van der Waals surface area contributed by atoms with E-state index in [1.54, 1.807) is 25.3 Å². The molecule has 0 N–H and O–H groups in total. The van der Waals surface area contributed by atoms with Gasteiger partial charge in [-0.1, -0.05) is 6.07 Å². The summed E-state index contributed by atoms with van der Waals surface area (Å²) < 4.78 is 24.6. The molecule has 29 heavy (non-hydrogen) atoms. The van der Waals surface area contributed by atoms with Crippen LogP contribution < -0.4 is 9.47 Å². The highest BCUT2D eigenvalue weighted by Crippen LogP contribution is 2.35. The maximum Gasteiger partial charge on any atom is 0.266 e. The summed E-state index contributed by atoms with van der Waals surface area (Å²) >= 11 is 1.28. The van der Waals surface area contributed by atoms with Gasteiger partial charge in [-0.05, 0) is 80.6 Å². The molecule has 0 aromatic heterocycles. The van der Waals surface area contributed by atoms with Gasteiger partial charge in [0.15, 0.2) is 16.7 Å². The number of hydrogen-bond acceptors (Lipinski definition) is 5. The number of ether oxygens (including phenoxy) is 2. The first-order chi connectivity index (χ1) is 13.9. The number of rotatable bonds is 6. The normalized spacial score (nSPS) is 16.9. The summed E-state index contributed by atoms with van der Waals surface area (Å²) in [6.45, 7) is 6.34. The van der Waals surface area contributed by atoms with Crippen molar-refractivity contribution in [1.29, 1.82) is 0 Å². The third-order valence-corrected chi connectivity index (χ3v) is 5.04. The first kappa shape index (κ1) is 20.9. The molecule has 5 nitrogen and oxygen atoms in total. The fourth-order valence-electron chi connectivity index (χ4n) is 2.66. The van der Waals surface area contributed by atoms with Crippen molar-refractivity contribution in [3.63, 3.8) is 0 Å². The summed E-state index contributed by atoms with van der Waals surface area (Å²) in [6, 6.07) is 11.4. The Labute approximate surface area is 174 Å². The van der Waals surface area contributed by atoms with Crippen LogP contribution in [-0.4, -0.2) is 35.7 Å². The van der Waals surface area contributed by atoms with Crippen LogP contribution >= 0.6 is 11.8 Å². The molecule has 1 amide bonds.